The molecule has 0 aliphatic carbocycles. The first-order valence-electron chi connectivity index (χ1n) is 39.9. The van der Waals surface area contributed by atoms with Gasteiger partial charge in [0.2, 0.25) is 0 Å². The van der Waals surface area contributed by atoms with Crippen molar-refractivity contribution in [2.24, 2.45) is 0 Å². The van der Waals surface area contributed by atoms with E-state index in [-0.39, 0.29) is 133 Å². The fourth-order valence-electron chi connectivity index (χ4n) is 13.8. The summed E-state index contributed by atoms with van der Waals surface area (Å²) in [5.74, 6) is 0.171. The quantitative estimate of drug-likeness (QED) is 0.00985. The first-order chi connectivity index (χ1) is 60.5. The Hall–Kier alpha value is -12.1. The van der Waals surface area contributed by atoms with Gasteiger partial charge in [-0.15, -0.1) is 0 Å². The van der Waals surface area contributed by atoms with Gasteiger partial charge in [-0.25, -0.2) is 28.8 Å². The van der Waals surface area contributed by atoms with E-state index in [1.165, 1.54) is 82.2 Å². The number of nitrogens with zero attached hydrogens (tertiary/aromatic N) is 6. The Balaban J connectivity index is 0.000000168. The summed E-state index contributed by atoms with van der Waals surface area (Å²) in [5.41, 5.74) is 0.286. The Labute approximate surface area is 744 Å². The van der Waals surface area contributed by atoms with E-state index in [1.54, 1.807) is 36.5 Å². The summed E-state index contributed by atoms with van der Waals surface area (Å²) in [7, 11) is 0. The van der Waals surface area contributed by atoms with Crippen LogP contribution in [0.4, 0.5) is 43.1 Å². The number of carbonyl (C=O) groups is 6. The molecule has 5 aromatic carbocycles. The van der Waals surface area contributed by atoms with Gasteiger partial charge in [-0.05, 0) is 115 Å². The molecule has 5 unspecified atom stereocenters. The number of esters is 3. The van der Waals surface area contributed by atoms with Crippen LogP contribution in [0.3, 0.4) is 0 Å². The molecular weight excluding hydrogens is 1850 g/mol. The zero-order valence-corrected chi connectivity index (χ0v) is 73.5. The number of H-pyrrole nitrogens is 1. The number of halogens is 3. The number of hydrogen-bond donors (Lipinski definition) is 12. The number of aliphatic hydroxyl groups excluding tert-OH is 2. The number of phenolic OH excluding ortho intramolecular Hbond substituents is 3. The zero-order chi connectivity index (χ0) is 90.4. The van der Waals surface area contributed by atoms with Gasteiger partial charge in [-0.1, -0.05) is 99.6 Å². The number of benzene rings is 5. The highest BCUT2D eigenvalue weighted by atomic mass is 79.9. The Morgan fingerprint density at radius 1 is 0.548 bits per heavy atom. The summed E-state index contributed by atoms with van der Waals surface area (Å²) in [6.07, 6.45) is 0.766. The number of phenols is 3. The predicted molar refractivity (Wildman–Crippen MR) is 459 cm³/mol. The first-order valence-corrected chi connectivity index (χ1v) is 42.3. The van der Waals surface area contributed by atoms with E-state index in [1.807, 2.05) is 81.4 Å². The molecule has 0 bridgehead atoms. The number of alkyl carbamates (subject to hydrolysis) is 2. The first kappa shape index (κ1) is 94.6. The third-order valence-corrected chi connectivity index (χ3v) is 21.6. The van der Waals surface area contributed by atoms with Gasteiger partial charge in [0.05, 0.1) is 63.7 Å². The van der Waals surface area contributed by atoms with Gasteiger partial charge in [-0.2, -0.15) is 9.97 Å². The van der Waals surface area contributed by atoms with Gasteiger partial charge >= 0.3 is 53.2 Å². The second-order valence-corrected chi connectivity index (χ2v) is 31.3. The summed E-state index contributed by atoms with van der Waals surface area (Å²) in [4.78, 5) is 131. The smallest absolute Gasteiger partial charge is 0.407 e. The summed E-state index contributed by atoms with van der Waals surface area (Å²) in [6.45, 7) is 10.3. The molecule has 12 N–H and O–H groups in total. The van der Waals surface area contributed by atoms with Gasteiger partial charge < -0.3 is 114 Å². The highest BCUT2D eigenvalue weighted by Gasteiger charge is 2.44. The van der Waals surface area contributed by atoms with E-state index in [2.05, 4.69) is 94.6 Å². The van der Waals surface area contributed by atoms with E-state index >= 15 is 0 Å². The van der Waals surface area contributed by atoms with Crippen LogP contribution in [0, 0.1) is 0 Å². The molecule has 126 heavy (non-hydrogen) atoms. The molecule has 14 rings (SSSR count). The second kappa shape index (κ2) is 44.7. The van der Waals surface area contributed by atoms with Crippen molar-refractivity contribution >= 4 is 113 Å². The number of amides is 4. The Bertz CT molecular complexity index is 5420. The number of hydrogen-bond acceptors (Lipinski definition) is 32. The normalized spacial score (nSPS) is 21.7. The van der Waals surface area contributed by atoms with Gasteiger partial charge in [-0.3, -0.25) is 42.8 Å². The third kappa shape index (κ3) is 25.2. The fourth-order valence-corrected chi connectivity index (χ4v) is 15.0. The monoisotopic (exact) mass is 1940 g/mol. The molecular formula is C83H94Br3N13O27. The van der Waals surface area contributed by atoms with Crippen LogP contribution in [0.15, 0.2) is 173 Å². The van der Waals surface area contributed by atoms with Crippen LogP contribution in [0.2, 0.25) is 0 Å². The predicted octanol–water partition coefficient (Wildman–Crippen LogP) is 9.91. The van der Waals surface area contributed by atoms with Crippen molar-refractivity contribution in [2.45, 2.75) is 180 Å². The van der Waals surface area contributed by atoms with Crippen molar-refractivity contribution in [3.8, 4) is 40.2 Å². The number of aromatic hydroxyl groups is 3. The lowest BCUT2D eigenvalue weighted by Gasteiger charge is -2.34. The fraction of sp³-hybridized carbons (Fsp3) is 0.398. The summed E-state index contributed by atoms with van der Waals surface area (Å²) < 4.78 is 72.0. The topological polar surface area (TPSA) is 514 Å². The van der Waals surface area contributed by atoms with Crippen molar-refractivity contribution in [1.82, 2.24) is 49.5 Å². The number of nitrogens with one attached hydrogen (secondary N) is 7. The number of aromatic amines is 1. The third-order valence-electron chi connectivity index (χ3n) is 19.8. The molecule has 43 heteroatoms. The van der Waals surface area contributed by atoms with E-state index in [0.29, 0.717) is 70.4 Å². The van der Waals surface area contributed by atoms with Crippen LogP contribution < -0.4 is 68.7 Å². The SMILES string of the molecule is CC[C@H]1O[C@@H](N2C=C(Br)C(Nc3c(O)cccc3OCCNC(=O)OCc3ccccc3)NC2=O)CC1OC(C)=O.CC[C@H]1O[C@@H](n2cc(Br)c(=O)[nH]c2=O)CC1OC(C)=O.CC[C@H]1O[C@@H](n2cc(Br)c(Nc3c(O)cccc3O)nc2=O)CC1OC(C)=O.O=C(NCCOc1cccc2c1Nc1nc(=O)n([C@H]3CC(O)[C@@H](CO)O3)cc1O2)OCc1ccccc1. The maximum atomic E-state index is 13.0. The summed E-state index contributed by atoms with van der Waals surface area (Å²) in [6, 6.07) is 32.5. The number of urea groups is 1. The molecule has 0 spiro atoms. The minimum absolute atomic E-state index is 0.0333. The molecule has 3 aromatic heterocycles. The van der Waals surface area contributed by atoms with Crippen LogP contribution in [0.5, 0.6) is 40.2 Å². The lowest BCUT2D eigenvalue weighted by Crippen LogP contribution is -2.53. The van der Waals surface area contributed by atoms with Crippen molar-refractivity contribution in [3.05, 3.63) is 206 Å². The number of para-hydroxylation sites is 3. The van der Waals surface area contributed by atoms with Crippen molar-refractivity contribution < 1.29 is 111 Å². The molecule has 4 fully saturated rings. The molecule has 9 heterocycles. The Kier molecular flexibility index (Phi) is 33.5. The molecule has 13 atom stereocenters. The molecule has 6 aliphatic rings. The molecule has 674 valence electrons. The van der Waals surface area contributed by atoms with Crippen LogP contribution in [-0.2, 0) is 70.2 Å². The highest BCUT2D eigenvalue weighted by molar-refractivity contribution is 9.11. The Morgan fingerprint density at radius 2 is 1.02 bits per heavy atom. The van der Waals surface area contributed by atoms with Crippen LogP contribution in [0.1, 0.15) is 116 Å². The molecule has 0 saturated carbocycles. The minimum Gasteiger partial charge on any atom is -0.506 e. The molecule has 6 aliphatic heterocycles. The molecule has 8 aromatic rings. The number of rotatable bonds is 27. The van der Waals surface area contributed by atoms with E-state index < -0.39 is 108 Å². The number of carbonyl (C=O) groups excluding carboxylic acids is 6. The number of fused-ring (bicyclic) bond motifs is 2. The average molecular weight is 1950 g/mol. The summed E-state index contributed by atoms with van der Waals surface area (Å²) in [5, 5.41) is 66.6. The number of ether oxygens (including phenoxy) is 12. The van der Waals surface area contributed by atoms with E-state index in [0.717, 1.165) is 11.1 Å². The van der Waals surface area contributed by atoms with Crippen LogP contribution in [0.25, 0.3) is 0 Å². The largest absolute Gasteiger partial charge is 0.506 e. The maximum absolute atomic E-state index is 13.0. The number of aliphatic hydroxyl groups is 2. The molecule has 4 amide bonds. The maximum Gasteiger partial charge on any atom is 0.407 e. The van der Waals surface area contributed by atoms with E-state index in [4.69, 9.17) is 56.8 Å². The van der Waals surface area contributed by atoms with Crippen LogP contribution in [-0.4, -0.2) is 189 Å². The van der Waals surface area contributed by atoms with Crippen molar-refractivity contribution in [2.75, 3.05) is 48.9 Å². The van der Waals surface area contributed by atoms with Gasteiger partial charge in [0.1, 0.15) is 128 Å². The Morgan fingerprint density at radius 3 is 1.57 bits per heavy atom. The van der Waals surface area contributed by atoms with Crippen LogP contribution >= 0.6 is 47.8 Å². The number of anilines is 5. The van der Waals surface area contributed by atoms with Gasteiger partial charge in [0.25, 0.3) is 5.56 Å². The lowest BCUT2D eigenvalue weighted by molar-refractivity contribution is -0.150. The van der Waals surface area contributed by atoms with Gasteiger partial charge in [0.15, 0.2) is 23.1 Å². The van der Waals surface area contributed by atoms with Gasteiger partial charge in [0, 0.05) is 65.0 Å². The van der Waals surface area contributed by atoms with E-state index in [9.17, 15) is 73.5 Å². The molecule has 40 nitrogen and oxygen atoms in total. The lowest BCUT2D eigenvalue weighted by atomic mass is 10.1. The summed E-state index contributed by atoms with van der Waals surface area (Å²) >= 11 is 9.90. The molecule has 4 saturated heterocycles. The van der Waals surface area contributed by atoms with Crippen molar-refractivity contribution in [3.63, 3.8) is 0 Å². The standard InChI is InChI=1S/C28H33BrN4O8.C25H26N4O8.C18H20BrN3O6.C12H15BrN2O5/c1-3-21-23(40-17(2)34)14-24(41-21)33-15-19(29)26(32-27(33)36)31-25-20(35)10-7-11-22(25)38-13-12-30-28(37)39-16-18-8-5-4-6-9-18;30-13-20-16(31)11-21(37-20)29-12-19-23(28-24(29)32)27-22-17(7-4-8-18(22)36-19)34-10-9-26-25(33)35-14-15-5-2-1-3-6-15;1-3-13-14(27-9(2)23)7-15(28-13)22-8-10(19)17(21-18(22)26)20-16-11(24)5-4-6-12(16)25;1-3-8-9(19-6(2)16)4-10(20-8)15-5-7(13)11(17)14-12(15)18/h4-11,15,21,23-24,26,31,35H,3,12-14,16H2,1-2H3,(H,30,37)(H,32,36);1-8,12,16,20-21,30-31H,9-11,13-14H2,(H,26,33)(H,27,28,32);4-6,8,13-15,24-25H,3,7H2,1-2H3,(H,20,21,26);5,8-10H,3-4H2,1-2H3,(H,14,17,18)/t21-,23?,24-,26?;16?,20-,21-;13-,14?,15-;8-,9?,10-/m1111/s1. The second-order valence-electron chi connectivity index (χ2n) is 28.7. The van der Waals surface area contributed by atoms with Crippen molar-refractivity contribution in [1.29, 1.82) is 0 Å². The average Bonchev–Trinajstić information content (AvgIpc) is 1.06. The number of aromatic nitrogens is 6. The molecule has 0 radical (unpaired) electrons. The zero-order valence-electron chi connectivity index (χ0n) is 68.7. The highest BCUT2D eigenvalue weighted by Crippen LogP contribution is 2.46. The minimum atomic E-state index is -0.891.